The normalized spacial score (nSPS) is 10.7. The van der Waals surface area contributed by atoms with Crippen LogP contribution in [-0.2, 0) is 9.68 Å². The molecule has 1 aromatic carbocycles. The zero-order chi connectivity index (χ0) is 13.2. The first kappa shape index (κ1) is 13.5. The molecule has 94 valence electrons. The molecular formula is C12H18N2O3. The summed E-state index contributed by atoms with van der Waals surface area (Å²) in [5.74, 6) is -0.476. The van der Waals surface area contributed by atoms with E-state index in [4.69, 9.17) is 15.4 Å². The Morgan fingerprint density at radius 2 is 1.88 bits per heavy atom. The third-order valence-corrected chi connectivity index (χ3v) is 2.70. The Morgan fingerprint density at radius 3 is 2.41 bits per heavy atom. The summed E-state index contributed by atoms with van der Waals surface area (Å²) in [6.07, 6.45) is 0. The summed E-state index contributed by atoms with van der Waals surface area (Å²) >= 11 is 0. The monoisotopic (exact) mass is 238 g/mol. The van der Waals surface area contributed by atoms with Gasteiger partial charge in [0.05, 0.1) is 19.7 Å². The molecule has 1 aromatic rings. The summed E-state index contributed by atoms with van der Waals surface area (Å²) in [5, 5.41) is 0.997. The molecule has 0 unspecified atom stereocenters. The van der Waals surface area contributed by atoms with Crippen LogP contribution in [0.1, 0.15) is 27.0 Å². The summed E-state index contributed by atoms with van der Waals surface area (Å²) in [4.78, 5) is 21.6. The Labute approximate surface area is 101 Å². The molecule has 1 rings (SSSR count). The van der Waals surface area contributed by atoms with Crippen molar-refractivity contribution in [3.05, 3.63) is 28.3 Å². The number of carbonyl (C=O) groups is 1. The second kappa shape index (κ2) is 5.16. The van der Waals surface area contributed by atoms with Crippen molar-refractivity contribution in [3.63, 3.8) is 0 Å². The van der Waals surface area contributed by atoms with Crippen LogP contribution in [0, 0.1) is 20.8 Å². The van der Waals surface area contributed by atoms with Crippen molar-refractivity contribution >= 4 is 11.7 Å². The molecule has 0 bridgehead atoms. The summed E-state index contributed by atoms with van der Waals surface area (Å²) in [7, 11) is 2.91. The topological polar surface area (TPSA) is 64.8 Å². The first-order valence-electron chi connectivity index (χ1n) is 5.24. The first-order chi connectivity index (χ1) is 7.88. The van der Waals surface area contributed by atoms with Crippen molar-refractivity contribution in [1.82, 2.24) is 5.23 Å². The van der Waals surface area contributed by atoms with Gasteiger partial charge in [0.1, 0.15) is 0 Å². The summed E-state index contributed by atoms with van der Waals surface area (Å²) < 4.78 is 0. The number of aryl methyl sites for hydroxylation is 2. The third kappa shape index (κ3) is 2.75. The molecule has 0 saturated carbocycles. The maximum Gasteiger partial charge on any atom is 0.359 e. The number of nitrogens with two attached hydrogens (primary N) is 1. The van der Waals surface area contributed by atoms with Gasteiger partial charge in [0.25, 0.3) is 0 Å². The second-order valence-electron chi connectivity index (χ2n) is 3.93. The maximum atomic E-state index is 11.9. The largest absolute Gasteiger partial charge is 0.398 e. The lowest BCUT2D eigenvalue weighted by Gasteiger charge is -2.16. The highest BCUT2D eigenvalue weighted by molar-refractivity contribution is 5.94. The van der Waals surface area contributed by atoms with Crippen LogP contribution in [0.5, 0.6) is 0 Å². The van der Waals surface area contributed by atoms with Crippen molar-refractivity contribution in [3.8, 4) is 0 Å². The van der Waals surface area contributed by atoms with Gasteiger partial charge in [-0.15, -0.1) is 0 Å². The molecule has 5 nitrogen and oxygen atoms in total. The zero-order valence-corrected chi connectivity index (χ0v) is 10.8. The highest BCUT2D eigenvalue weighted by Crippen LogP contribution is 2.24. The van der Waals surface area contributed by atoms with E-state index in [9.17, 15) is 4.79 Å². The predicted octanol–water partition coefficient (Wildman–Crippen LogP) is 1.76. The van der Waals surface area contributed by atoms with E-state index in [2.05, 4.69) is 0 Å². The number of nitrogen functional groups attached to an aromatic ring is 1. The van der Waals surface area contributed by atoms with Crippen LogP contribution in [0.25, 0.3) is 0 Å². The fourth-order valence-corrected chi connectivity index (χ4v) is 1.71. The third-order valence-electron chi connectivity index (χ3n) is 2.70. The first-order valence-corrected chi connectivity index (χ1v) is 5.24. The van der Waals surface area contributed by atoms with Crippen LogP contribution in [0.3, 0.4) is 0 Å². The quantitative estimate of drug-likeness (QED) is 0.642. The van der Waals surface area contributed by atoms with Crippen molar-refractivity contribution in [2.45, 2.75) is 20.8 Å². The van der Waals surface area contributed by atoms with E-state index in [1.807, 2.05) is 19.9 Å². The minimum Gasteiger partial charge on any atom is -0.398 e. The van der Waals surface area contributed by atoms with E-state index in [1.165, 1.54) is 14.2 Å². The molecule has 0 aliphatic carbocycles. The van der Waals surface area contributed by atoms with Gasteiger partial charge < -0.3 is 10.6 Å². The number of hydroxylamine groups is 2. The van der Waals surface area contributed by atoms with Crippen molar-refractivity contribution in [1.29, 1.82) is 0 Å². The van der Waals surface area contributed by atoms with Crippen molar-refractivity contribution in [2.75, 3.05) is 19.9 Å². The summed E-state index contributed by atoms with van der Waals surface area (Å²) in [6.45, 7) is 5.56. The summed E-state index contributed by atoms with van der Waals surface area (Å²) in [5.41, 5.74) is 9.52. The molecule has 17 heavy (non-hydrogen) atoms. The highest BCUT2D eigenvalue weighted by Gasteiger charge is 2.18. The van der Waals surface area contributed by atoms with Crippen LogP contribution in [-0.4, -0.2) is 25.4 Å². The number of nitrogens with zero attached hydrogens (tertiary/aromatic N) is 1. The van der Waals surface area contributed by atoms with Gasteiger partial charge in [0, 0.05) is 5.69 Å². The molecule has 0 saturated heterocycles. The van der Waals surface area contributed by atoms with E-state index < -0.39 is 5.97 Å². The lowest BCUT2D eigenvalue weighted by molar-refractivity contribution is -0.303. The number of carbonyl (C=O) groups excluding carboxylic acids is 1. The number of anilines is 1. The van der Waals surface area contributed by atoms with Gasteiger partial charge in [-0.25, -0.2) is 4.79 Å². The number of hydrogen-bond acceptors (Lipinski definition) is 5. The Morgan fingerprint density at radius 1 is 1.29 bits per heavy atom. The smallest absolute Gasteiger partial charge is 0.359 e. The molecule has 0 spiro atoms. The average Bonchev–Trinajstić information content (AvgIpc) is 2.25. The number of benzene rings is 1. The molecule has 0 aliphatic heterocycles. The number of rotatable bonds is 3. The van der Waals surface area contributed by atoms with Gasteiger partial charge in [-0.05, 0) is 42.7 Å². The minimum atomic E-state index is -0.476. The van der Waals surface area contributed by atoms with Crippen molar-refractivity contribution < 1.29 is 14.5 Å². The van der Waals surface area contributed by atoms with Crippen LogP contribution in [0.15, 0.2) is 6.07 Å². The molecule has 0 aliphatic rings. The highest BCUT2D eigenvalue weighted by atomic mass is 17.0. The maximum absolute atomic E-state index is 11.9. The Kier molecular flexibility index (Phi) is 4.09. The lowest BCUT2D eigenvalue weighted by Crippen LogP contribution is -2.23. The van der Waals surface area contributed by atoms with Gasteiger partial charge in [-0.1, -0.05) is 6.07 Å². The van der Waals surface area contributed by atoms with Crippen LogP contribution < -0.4 is 5.73 Å². The molecule has 0 fully saturated rings. The van der Waals surface area contributed by atoms with Crippen LogP contribution in [0.2, 0.25) is 0 Å². The lowest BCUT2D eigenvalue weighted by atomic mass is 9.98. The van der Waals surface area contributed by atoms with Gasteiger partial charge >= 0.3 is 5.97 Å². The van der Waals surface area contributed by atoms with E-state index in [0.29, 0.717) is 11.3 Å². The van der Waals surface area contributed by atoms with Gasteiger partial charge in [-0.3, -0.25) is 4.84 Å². The van der Waals surface area contributed by atoms with Crippen molar-refractivity contribution in [2.24, 2.45) is 0 Å². The molecule has 0 aromatic heterocycles. The Balaban J connectivity index is 3.14. The van der Waals surface area contributed by atoms with Crippen LogP contribution >= 0.6 is 0 Å². The fourth-order valence-electron chi connectivity index (χ4n) is 1.71. The molecule has 0 heterocycles. The van der Waals surface area contributed by atoms with Gasteiger partial charge in [0.2, 0.25) is 0 Å². The van der Waals surface area contributed by atoms with E-state index in [-0.39, 0.29) is 0 Å². The predicted molar refractivity (Wildman–Crippen MR) is 65.3 cm³/mol. The SMILES string of the molecule is CON(C)OC(=O)c1c(C)cc(C)c(N)c1C. The standard InChI is InChI=1S/C12H18N2O3/c1-7-6-8(2)11(13)9(3)10(7)12(15)17-14(4)16-5/h6H,13H2,1-5H3. The van der Waals surface area contributed by atoms with Crippen LogP contribution in [0.4, 0.5) is 5.69 Å². The molecular weight excluding hydrogens is 220 g/mol. The second-order valence-corrected chi connectivity index (χ2v) is 3.93. The molecule has 0 amide bonds. The van der Waals surface area contributed by atoms with E-state index in [1.54, 1.807) is 6.92 Å². The van der Waals surface area contributed by atoms with E-state index >= 15 is 0 Å². The van der Waals surface area contributed by atoms with Gasteiger partial charge in [-0.2, -0.15) is 0 Å². The van der Waals surface area contributed by atoms with E-state index in [0.717, 1.165) is 21.9 Å². The molecule has 0 radical (unpaired) electrons. The molecule has 2 N–H and O–H groups in total. The minimum absolute atomic E-state index is 0.476. The fraction of sp³-hybridized carbons (Fsp3) is 0.417. The van der Waals surface area contributed by atoms with Gasteiger partial charge in [0.15, 0.2) is 0 Å². The molecule has 5 heteroatoms. The molecule has 0 atom stereocenters. The Hall–Kier alpha value is -1.59. The number of hydrogen-bond donors (Lipinski definition) is 1. The Bertz CT molecular complexity index is 444. The summed E-state index contributed by atoms with van der Waals surface area (Å²) in [6, 6.07) is 1.87. The average molecular weight is 238 g/mol. The zero-order valence-electron chi connectivity index (χ0n) is 10.8.